The molecular formula is C18H16BrCl2N3O2S. The summed E-state index contributed by atoms with van der Waals surface area (Å²) in [6.07, 6.45) is 0. The molecule has 9 heteroatoms. The van der Waals surface area contributed by atoms with E-state index in [4.69, 9.17) is 40.2 Å². The molecule has 1 heterocycles. The second-order valence-electron chi connectivity index (χ2n) is 5.79. The molecule has 1 saturated heterocycles. The normalized spacial score (nSPS) is 14.0. The van der Waals surface area contributed by atoms with Crippen molar-refractivity contribution in [3.63, 3.8) is 0 Å². The highest BCUT2D eigenvalue weighted by Crippen LogP contribution is 2.30. The number of carbonyl (C=O) groups is 1. The number of amides is 1. The minimum Gasteiger partial charge on any atom is -0.378 e. The van der Waals surface area contributed by atoms with Crippen LogP contribution in [-0.2, 0) is 4.74 Å². The van der Waals surface area contributed by atoms with E-state index in [0.717, 1.165) is 28.9 Å². The van der Waals surface area contributed by atoms with E-state index in [1.165, 1.54) is 0 Å². The van der Waals surface area contributed by atoms with Crippen molar-refractivity contribution in [1.82, 2.24) is 5.32 Å². The molecule has 2 aromatic rings. The molecule has 3 rings (SSSR count). The highest BCUT2D eigenvalue weighted by Gasteiger charge is 2.17. The molecule has 2 aromatic carbocycles. The van der Waals surface area contributed by atoms with Crippen LogP contribution in [0.3, 0.4) is 0 Å². The number of ether oxygens (including phenoxy) is 1. The molecule has 27 heavy (non-hydrogen) atoms. The average molecular weight is 489 g/mol. The minimum absolute atomic E-state index is 0.160. The van der Waals surface area contributed by atoms with Gasteiger partial charge >= 0.3 is 0 Å². The topological polar surface area (TPSA) is 53.6 Å². The molecule has 1 aliphatic heterocycles. The van der Waals surface area contributed by atoms with Crippen LogP contribution in [-0.4, -0.2) is 37.3 Å². The van der Waals surface area contributed by atoms with E-state index < -0.39 is 5.91 Å². The predicted molar refractivity (Wildman–Crippen MR) is 117 cm³/mol. The second kappa shape index (κ2) is 9.21. The monoisotopic (exact) mass is 487 g/mol. The van der Waals surface area contributed by atoms with Gasteiger partial charge in [0, 0.05) is 22.6 Å². The summed E-state index contributed by atoms with van der Waals surface area (Å²) in [4.78, 5) is 14.7. The number of halogens is 3. The van der Waals surface area contributed by atoms with Crippen LogP contribution in [0, 0.1) is 0 Å². The summed E-state index contributed by atoms with van der Waals surface area (Å²) in [5, 5.41) is 6.78. The third kappa shape index (κ3) is 5.33. The summed E-state index contributed by atoms with van der Waals surface area (Å²) < 4.78 is 6.15. The van der Waals surface area contributed by atoms with Gasteiger partial charge < -0.3 is 15.0 Å². The number of anilines is 2. The van der Waals surface area contributed by atoms with Gasteiger partial charge in [-0.1, -0.05) is 39.1 Å². The Morgan fingerprint density at radius 2 is 1.89 bits per heavy atom. The van der Waals surface area contributed by atoms with Gasteiger partial charge in [-0.15, -0.1) is 0 Å². The summed E-state index contributed by atoms with van der Waals surface area (Å²) in [6, 6.07) is 10.6. The lowest BCUT2D eigenvalue weighted by Gasteiger charge is -2.30. The van der Waals surface area contributed by atoms with E-state index in [1.807, 2.05) is 12.1 Å². The van der Waals surface area contributed by atoms with E-state index in [2.05, 4.69) is 31.5 Å². The van der Waals surface area contributed by atoms with Gasteiger partial charge in [0.2, 0.25) is 0 Å². The Balaban J connectivity index is 1.74. The maximum atomic E-state index is 12.5. The molecule has 0 unspecified atom stereocenters. The van der Waals surface area contributed by atoms with E-state index in [0.29, 0.717) is 28.8 Å². The van der Waals surface area contributed by atoms with Gasteiger partial charge in [0.15, 0.2) is 5.11 Å². The van der Waals surface area contributed by atoms with Crippen molar-refractivity contribution in [2.24, 2.45) is 0 Å². The van der Waals surface area contributed by atoms with Crippen molar-refractivity contribution >= 4 is 73.7 Å². The van der Waals surface area contributed by atoms with E-state index in [-0.39, 0.29) is 5.11 Å². The number of hydrogen-bond donors (Lipinski definition) is 2. The minimum atomic E-state index is -0.395. The van der Waals surface area contributed by atoms with Crippen LogP contribution < -0.4 is 15.5 Å². The van der Waals surface area contributed by atoms with Gasteiger partial charge in [-0.2, -0.15) is 0 Å². The van der Waals surface area contributed by atoms with E-state index >= 15 is 0 Å². The molecule has 142 valence electrons. The summed E-state index contributed by atoms with van der Waals surface area (Å²) in [7, 11) is 0. The molecule has 1 fully saturated rings. The zero-order chi connectivity index (χ0) is 19.4. The summed E-state index contributed by atoms with van der Waals surface area (Å²) >= 11 is 20.9. The largest absolute Gasteiger partial charge is 0.378 e. The number of rotatable bonds is 3. The van der Waals surface area contributed by atoms with Crippen LogP contribution in [0.4, 0.5) is 11.4 Å². The zero-order valence-corrected chi connectivity index (χ0v) is 18.0. The average Bonchev–Trinajstić information content (AvgIpc) is 2.64. The SMILES string of the molecule is O=C(NC(=S)Nc1cc(Cl)ccc1N1CCOCC1)c1cc(Br)ccc1Cl. The number of nitrogens with one attached hydrogen (secondary N) is 2. The number of benzene rings is 2. The lowest BCUT2D eigenvalue weighted by Crippen LogP contribution is -2.38. The molecular weight excluding hydrogens is 473 g/mol. The fraction of sp³-hybridized carbons (Fsp3) is 0.222. The number of carbonyl (C=O) groups excluding carboxylic acids is 1. The fourth-order valence-corrected chi connectivity index (χ4v) is 3.62. The van der Waals surface area contributed by atoms with Crippen molar-refractivity contribution in [1.29, 1.82) is 0 Å². The second-order valence-corrected chi connectivity index (χ2v) is 7.96. The first-order valence-corrected chi connectivity index (χ1v) is 10.1. The van der Waals surface area contributed by atoms with Crippen LogP contribution in [0.15, 0.2) is 40.9 Å². The Hall–Kier alpha value is -1.38. The van der Waals surface area contributed by atoms with Crippen LogP contribution in [0.25, 0.3) is 0 Å². The molecule has 0 aliphatic carbocycles. The Kier molecular flexibility index (Phi) is 6.94. The Labute approximate surface area is 181 Å². The van der Waals surface area contributed by atoms with E-state index in [1.54, 1.807) is 24.3 Å². The molecule has 0 atom stereocenters. The molecule has 0 aromatic heterocycles. The number of nitrogens with zero attached hydrogens (tertiary/aromatic N) is 1. The summed E-state index contributed by atoms with van der Waals surface area (Å²) in [6.45, 7) is 2.85. The fourth-order valence-electron chi connectivity index (χ4n) is 2.68. The summed E-state index contributed by atoms with van der Waals surface area (Å²) in [5.41, 5.74) is 1.99. The highest BCUT2D eigenvalue weighted by molar-refractivity contribution is 9.10. The third-order valence-corrected chi connectivity index (χ3v) is 5.22. The zero-order valence-electron chi connectivity index (χ0n) is 14.1. The highest BCUT2D eigenvalue weighted by atomic mass is 79.9. The first-order valence-electron chi connectivity index (χ1n) is 8.13. The molecule has 1 amide bonds. The van der Waals surface area contributed by atoms with Crippen LogP contribution >= 0.6 is 51.3 Å². The van der Waals surface area contributed by atoms with Crippen molar-refractivity contribution in [2.45, 2.75) is 0 Å². The number of thiocarbonyl (C=S) groups is 1. The van der Waals surface area contributed by atoms with Crippen molar-refractivity contribution in [3.8, 4) is 0 Å². The van der Waals surface area contributed by atoms with Crippen molar-refractivity contribution in [3.05, 3.63) is 56.5 Å². The standard InChI is InChI=1S/C18H16BrCl2N3O2S/c19-11-1-3-14(21)13(9-11)17(25)23-18(27)22-15-10-12(20)2-4-16(15)24-5-7-26-8-6-24/h1-4,9-10H,5-8H2,(H2,22,23,25,27). The van der Waals surface area contributed by atoms with Gasteiger partial charge in [0.1, 0.15) is 0 Å². The third-order valence-electron chi connectivity index (χ3n) is 3.96. The molecule has 0 radical (unpaired) electrons. The summed E-state index contributed by atoms with van der Waals surface area (Å²) in [5.74, 6) is -0.395. The predicted octanol–water partition coefficient (Wildman–Crippen LogP) is 4.72. The maximum Gasteiger partial charge on any atom is 0.258 e. The van der Waals surface area contributed by atoms with Crippen LogP contribution in [0.5, 0.6) is 0 Å². The smallest absolute Gasteiger partial charge is 0.258 e. The van der Waals surface area contributed by atoms with Gasteiger partial charge in [0.05, 0.1) is 35.2 Å². The maximum absolute atomic E-state index is 12.5. The Bertz CT molecular complexity index is 876. The molecule has 2 N–H and O–H groups in total. The van der Waals surface area contributed by atoms with Gasteiger partial charge in [0.25, 0.3) is 5.91 Å². The van der Waals surface area contributed by atoms with Crippen molar-refractivity contribution in [2.75, 3.05) is 36.5 Å². The number of morpholine rings is 1. The molecule has 1 aliphatic rings. The Morgan fingerprint density at radius 1 is 1.15 bits per heavy atom. The molecule has 0 spiro atoms. The van der Waals surface area contributed by atoms with E-state index in [9.17, 15) is 4.79 Å². The molecule has 0 saturated carbocycles. The first kappa shape index (κ1) is 20.4. The first-order chi connectivity index (χ1) is 12.9. The lowest BCUT2D eigenvalue weighted by atomic mass is 10.2. The molecule has 5 nitrogen and oxygen atoms in total. The van der Waals surface area contributed by atoms with Gasteiger partial charge in [-0.05, 0) is 48.6 Å². The lowest BCUT2D eigenvalue weighted by molar-refractivity contribution is 0.0978. The van der Waals surface area contributed by atoms with Crippen LogP contribution in [0.1, 0.15) is 10.4 Å². The van der Waals surface area contributed by atoms with Crippen LogP contribution in [0.2, 0.25) is 10.0 Å². The quantitative estimate of drug-likeness (QED) is 0.612. The van der Waals surface area contributed by atoms with Crippen molar-refractivity contribution < 1.29 is 9.53 Å². The Morgan fingerprint density at radius 3 is 2.63 bits per heavy atom. The van der Waals surface area contributed by atoms with Gasteiger partial charge in [-0.3, -0.25) is 10.1 Å². The molecule has 0 bridgehead atoms. The van der Waals surface area contributed by atoms with Gasteiger partial charge in [-0.25, -0.2) is 0 Å². The number of hydrogen-bond acceptors (Lipinski definition) is 4.